The molecule has 0 amide bonds. The second kappa shape index (κ2) is 9.88. The Morgan fingerprint density at radius 3 is 2.67 bits per heavy atom. The number of hydrogen-bond donors (Lipinski definition) is 1. The monoisotopic (exact) mass is 468 g/mol. The SMILES string of the molecule is CC(C)(C)n1nnnc1C(NCCSc1ccccc1)c1ccc([N+](=O)[O-])c(OC2CC2)c1. The molecule has 0 saturated heterocycles. The fraction of sp³-hybridized carbons (Fsp3) is 0.435. The summed E-state index contributed by atoms with van der Waals surface area (Å²) in [5.74, 6) is 1.79. The van der Waals surface area contributed by atoms with Gasteiger partial charge in [-0.25, -0.2) is 4.68 Å². The molecule has 1 aliphatic rings. The van der Waals surface area contributed by atoms with Gasteiger partial charge in [-0.3, -0.25) is 10.1 Å². The predicted octanol–water partition coefficient (Wildman–Crippen LogP) is 4.35. The zero-order valence-electron chi connectivity index (χ0n) is 19.0. The van der Waals surface area contributed by atoms with Crippen LogP contribution in [0.15, 0.2) is 53.4 Å². The van der Waals surface area contributed by atoms with Gasteiger partial charge in [-0.15, -0.1) is 16.9 Å². The summed E-state index contributed by atoms with van der Waals surface area (Å²) in [6.07, 6.45) is 1.89. The molecule has 0 aliphatic heterocycles. The lowest BCUT2D eigenvalue weighted by atomic mass is 10.0. The largest absolute Gasteiger partial charge is 0.483 e. The van der Waals surface area contributed by atoms with Gasteiger partial charge >= 0.3 is 5.69 Å². The van der Waals surface area contributed by atoms with Gasteiger partial charge in [0.05, 0.1) is 22.6 Å². The van der Waals surface area contributed by atoms with Crippen molar-refractivity contribution in [3.8, 4) is 5.75 Å². The van der Waals surface area contributed by atoms with Crippen molar-refractivity contribution in [2.75, 3.05) is 12.3 Å². The van der Waals surface area contributed by atoms with E-state index >= 15 is 0 Å². The molecule has 1 aromatic heterocycles. The van der Waals surface area contributed by atoms with Crippen molar-refractivity contribution in [1.82, 2.24) is 25.5 Å². The van der Waals surface area contributed by atoms with Gasteiger partial charge in [0, 0.05) is 23.3 Å². The van der Waals surface area contributed by atoms with Gasteiger partial charge in [-0.1, -0.05) is 18.2 Å². The molecule has 174 valence electrons. The molecule has 1 N–H and O–H groups in total. The third-order valence-electron chi connectivity index (χ3n) is 5.18. The van der Waals surface area contributed by atoms with E-state index in [1.807, 2.05) is 39.0 Å². The number of hydrogen-bond acceptors (Lipinski definition) is 8. The molecule has 10 heteroatoms. The minimum Gasteiger partial charge on any atom is -0.483 e. The van der Waals surface area contributed by atoms with Crippen LogP contribution in [0.3, 0.4) is 0 Å². The molecule has 0 spiro atoms. The van der Waals surface area contributed by atoms with E-state index in [9.17, 15) is 10.1 Å². The van der Waals surface area contributed by atoms with E-state index in [0.717, 1.165) is 24.2 Å². The molecule has 1 unspecified atom stereocenters. The van der Waals surface area contributed by atoms with Gasteiger partial charge in [0.1, 0.15) is 0 Å². The highest BCUT2D eigenvalue weighted by Gasteiger charge is 2.31. The number of aromatic nitrogens is 4. The fourth-order valence-electron chi connectivity index (χ4n) is 3.42. The van der Waals surface area contributed by atoms with E-state index in [0.29, 0.717) is 18.1 Å². The number of nitro groups is 1. The zero-order chi connectivity index (χ0) is 23.4. The van der Waals surface area contributed by atoms with Crippen LogP contribution in [0, 0.1) is 10.1 Å². The lowest BCUT2D eigenvalue weighted by molar-refractivity contribution is -0.386. The first-order chi connectivity index (χ1) is 15.8. The van der Waals surface area contributed by atoms with Crippen LogP contribution in [0.4, 0.5) is 5.69 Å². The first-order valence-corrected chi connectivity index (χ1v) is 12.0. The number of ether oxygens (including phenoxy) is 1. The smallest absolute Gasteiger partial charge is 0.310 e. The van der Waals surface area contributed by atoms with Crippen LogP contribution >= 0.6 is 11.8 Å². The molecule has 1 fully saturated rings. The third kappa shape index (κ3) is 5.88. The van der Waals surface area contributed by atoms with Gasteiger partial charge < -0.3 is 10.1 Å². The summed E-state index contributed by atoms with van der Waals surface area (Å²) in [4.78, 5) is 12.3. The van der Waals surface area contributed by atoms with Crippen LogP contribution in [0.5, 0.6) is 5.75 Å². The van der Waals surface area contributed by atoms with Crippen molar-refractivity contribution in [2.45, 2.75) is 56.2 Å². The van der Waals surface area contributed by atoms with Crippen LogP contribution in [-0.2, 0) is 5.54 Å². The van der Waals surface area contributed by atoms with Crippen LogP contribution in [0.25, 0.3) is 0 Å². The Balaban J connectivity index is 1.61. The summed E-state index contributed by atoms with van der Waals surface area (Å²) in [6, 6.07) is 14.9. The Morgan fingerprint density at radius 2 is 2.00 bits per heavy atom. The van der Waals surface area contributed by atoms with Gasteiger partial charge in [0.15, 0.2) is 11.6 Å². The molecule has 33 heavy (non-hydrogen) atoms. The maximum absolute atomic E-state index is 11.5. The second-order valence-corrected chi connectivity index (χ2v) is 10.1. The zero-order valence-corrected chi connectivity index (χ0v) is 19.8. The number of nitrogens with one attached hydrogen (secondary N) is 1. The molecular formula is C23H28N6O3S. The Morgan fingerprint density at radius 1 is 1.24 bits per heavy atom. The van der Waals surface area contributed by atoms with Gasteiger partial charge in [-0.2, -0.15) is 0 Å². The molecule has 1 aliphatic carbocycles. The standard InChI is InChI=1S/C23H28N6O3S/c1-23(2,3)28-22(25-26-27-28)21(24-13-14-33-18-7-5-4-6-8-18)16-9-12-19(29(30)31)20(15-16)32-17-10-11-17/h4-9,12,15,17,21,24H,10-11,13-14H2,1-3H3. The highest BCUT2D eigenvalue weighted by Crippen LogP contribution is 2.36. The maximum atomic E-state index is 11.5. The minimum atomic E-state index is -0.403. The van der Waals surface area contributed by atoms with Crippen molar-refractivity contribution < 1.29 is 9.66 Å². The number of thioether (sulfide) groups is 1. The third-order valence-corrected chi connectivity index (χ3v) is 6.20. The van der Waals surface area contributed by atoms with E-state index in [-0.39, 0.29) is 23.4 Å². The number of nitro benzene ring substituents is 1. The van der Waals surface area contributed by atoms with E-state index in [1.165, 1.54) is 11.0 Å². The van der Waals surface area contributed by atoms with E-state index in [4.69, 9.17) is 4.74 Å². The number of tetrazole rings is 1. The summed E-state index contributed by atoms with van der Waals surface area (Å²) in [5.41, 5.74) is 0.465. The summed E-state index contributed by atoms with van der Waals surface area (Å²) in [6.45, 7) is 6.79. The topological polar surface area (TPSA) is 108 Å². The number of nitrogens with zero attached hydrogens (tertiary/aromatic N) is 5. The normalized spacial score (nSPS) is 14.8. The Bertz CT molecular complexity index is 1100. The summed E-state index contributed by atoms with van der Waals surface area (Å²) < 4.78 is 7.66. The lowest BCUT2D eigenvalue weighted by Gasteiger charge is -2.25. The van der Waals surface area contributed by atoms with Gasteiger partial charge in [0.2, 0.25) is 0 Å². The molecule has 3 aromatic rings. The average molecular weight is 469 g/mol. The molecule has 2 aromatic carbocycles. The Labute approximate surface area is 197 Å². The van der Waals surface area contributed by atoms with Crippen LogP contribution in [-0.4, -0.2) is 43.5 Å². The summed E-state index contributed by atoms with van der Waals surface area (Å²) in [7, 11) is 0. The van der Waals surface area contributed by atoms with Crippen LogP contribution in [0.2, 0.25) is 0 Å². The predicted molar refractivity (Wildman–Crippen MR) is 127 cm³/mol. The number of benzene rings is 2. The summed E-state index contributed by atoms with van der Waals surface area (Å²) in [5, 5.41) is 27.5. The lowest BCUT2D eigenvalue weighted by Crippen LogP contribution is -2.33. The van der Waals surface area contributed by atoms with E-state index in [2.05, 4.69) is 33.0 Å². The Kier molecular flexibility index (Phi) is 6.94. The van der Waals surface area contributed by atoms with Crippen LogP contribution < -0.4 is 10.1 Å². The molecule has 1 saturated carbocycles. The Hall–Kier alpha value is -2.98. The quantitative estimate of drug-likeness (QED) is 0.202. The van der Waals surface area contributed by atoms with E-state index in [1.54, 1.807) is 28.6 Å². The van der Waals surface area contributed by atoms with Crippen LogP contribution in [0.1, 0.15) is 51.0 Å². The first-order valence-electron chi connectivity index (χ1n) is 11.0. The van der Waals surface area contributed by atoms with Crippen molar-refractivity contribution in [3.05, 3.63) is 70.0 Å². The fourth-order valence-corrected chi connectivity index (χ4v) is 4.23. The maximum Gasteiger partial charge on any atom is 0.310 e. The van der Waals surface area contributed by atoms with Crippen molar-refractivity contribution >= 4 is 17.4 Å². The molecule has 1 heterocycles. The number of rotatable bonds is 10. The molecule has 0 bridgehead atoms. The van der Waals surface area contributed by atoms with Crippen molar-refractivity contribution in [1.29, 1.82) is 0 Å². The second-order valence-electron chi connectivity index (χ2n) is 8.97. The molecule has 9 nitrogen and oxygen atoms in total. The average Bonchev–Trinajstić information content (AvgIpc) is 3.45. The first kappa shape index (κ1) is 23.2. The minimum absolute atomic E-state index is 0.0283. The summed E-state index contributed by atoms with van der Waals surface area (Å²) >= 11 is 1.76. The molecule has 4 rings (SSSR count). The van der Waals surface area contributed by atoms with Crippen molar-refractivity contribution in [2.24, 2.45) is 0 Å². The van der Waals surface area contributed by atoms with Gasteiger partial charge in [0.25, 0.3) is 0 Å². The highest BCUT2D eigenvalue weighted by atomic mass is 32.2. The molecular weight excluding hydrogens is 440 g/mol. The van der Waals surface area contributed by atoms with E-state index < -0.39 is 4.92 Å². The molecule has 0 radical (unpaired) electrons. The van der Waals surface area contributed by atoms with Crippen molar-refractivity contribution in [3.63, 3.8) is 0 Å². The molecule has 1 atom stereocenters. The van der Waals surface area contributed by atoms with Gasteiger partial charge in [-0.05, 0) is 73.9 Å². The highest BCUT2D eigenvalue weighted by molar-refractivity contribution is 7.99.